The molecule has 0 radical (unpaired) electrons. The molecule has 564 valence electrons. The van der Waals surface area contributed by atoms with Crippen molar-refractivity contribution in [1.82, 2.24) is 0 Å². The Bertz CT molecular complexity index is 1870. The van der Waals surface area contributed by atoms with Gasteiger partial charge in [0, 0.05) is 25.7 Å². The van der Waals surface area contributed by atoms with Crippen LogP contribution in [0, 0.1) is 23.7 Å². The molecule has 0 aliphatic rings. The van der Waals surface area contributed by atoms with E-state index >= 15 is 0 Å². The third-order valence-electron chi connectivity index (χ3n) is 17.9. The van der Waals surface area contributed by atoms with E-state index in [-0.39, 0.29) is 25.7 Å². The molecule has 6 atom stereocenters. The molecule has 0 bridgehead atoms. The number of aliphatic hydroxyl groups excluding tert-OH is 1. The second kappa shape index (κ2) is 65.4. The number of ether oxygens (including phenoxy) is 4. The first-order valence-corrected chi connectivity index (χ1v) is 42.2. The highest BCUT2D eigenvalue weighted by Crippen LogP contribution is 2.45. The standard InChI is InChI=1S/C76H148O17P2/c1-9-69(8)55-47-39-33-35-41-49-57-74(79)87-63-72(93-76(81)59-51-43-34-32-38-46-54-68(6)7)65-91-95(84,85)89-61-70(77)60-88-94(82,83)90-64-71(62-86-73(78)56-48-40-30-26-22-18-15-14-17-21-25-29-37-45-53-67(4)5)92-75(80)58-50-42-31-27-23-19-13-11-10-12-16-20-24-28-36-44-52-66(2)3/h66-72,77H,9-65H2,1-8H3,(H,82,83)(H,84,85)/t69?,70-,71-,72-/m1/s1. The van der Waals surface area contributed by atoms with Gasteiger partial charge in [-0.25, -0.2) is 9.13 Å². The van der Waals surface area contributed by atoms with Crippen molar-refractivity contribution in [2.24, 2.45) is 23.7 Å². The summed E-state index contributed by atoms with van der Waals surface area (Å²) in [6.45, 7) is 14.1. The van der Waals surface area contributed by atoms with Crippen molar-refractivity contribution in [2.75, 3.05) is 39.6 Å². The number of hydrogen-bond donors (Lipinski definition) is 3. The van der Waals surface area contributed by atoms with Crippen molar-refractivity contribution in [2.45, 2.75) is 401 Å². The van der Waals surface area contributed by atoms with Crippen molar-refractivity contribution in [3.8, 4) is 0 Å². The summed E-state index contributed by atoms with van der Waals surface area (Å²) >= 11 is 0. The minimum atomic E-state index is -4.96. The van der Waals surface area contributed by atoms with E-state index in [0.29, 0.717) is 31.6 Å². The maximum Gasteiger partial charge on any atom is 0.472 e. The van der Waals surface area contributed by atoms with Crippen molar-refractivity contribution < 1.29 is 80.2 Å². The molecule has 3 N–H and O–H groups in total. The SMILES string of the molecule is CCC(C)CCCCCCCCC(=O)OC[C@H](COP(=O)(O)OC[C@H](O)COP(=O)(O)OC[C@@H](COC(=O)CCCCCCCCCCCCCCCCC(C)C)OC(=O)CCCCCCCCCCCCCCCCCCC(C)C)OC(=O)CCCCCCCCC(C)C. The molecule has 0 amide bonds. The molecule has 0 heterocycles. The predicted molar refractivity (Wildman–Crippen MR) is 386 cm³/mol. The zero-order valence-electron chi connectivity index (χ0n) is 62.3. The number of esters is 4. The molecule has 0 aliphatic heterocycles. The number of carbonyl (C=O) groups excluding carboxylic acids is 4. The molecule has 17 nitrogen and oxygen atoms in total. The van der Waals surface area contributed by atoms with E-state index in [2.05, 4.69) is 55.4 Å². The van der Waals surface area contributed by atoms with Crippen molar-refractivity contribution in [1.29, 1.82) is 0 Å². The van der Waals surface area contributed by atoms with Gasteiger partial charge in [-0.05, 0) is 49.4 Å². The first-order chi connectivity index (χ1) is 45.6. The van der Waals surface area contributed by atoms with Crippen LogP contribution in [0.3, 0.4) is 0 Å². The topological polar surface area (TPSA) is 237 Å². The first-order valence-electron chi connectivity index (χ1n) is 39.2. The molecule has 0 fully saturated rings. The van der Waals surface area contributed by atoms with Crippen LogP contribution >= 0.6 is 15.6 Å². The Kier molecular flexibility index (Phi) is 64.0. The van der Waals surface area contributed by atoms with E-state index < -0.39 is 97.5 Å². The van der Waals surface area contributed by atoms with Gasteiger partial charge >= 0.3 is 39.5 Å². The quantitative estimate of drug-likeness (QED) is 0.0222. The van der Waals surface area contributed by atoms with E-state index in [9.17, 15) is 43.2 Å². The number of unbranched alkanes of at least 4 members (excludes halogenated alkanes) is 38. The van der Waals surface area contributed by atoms with Gasteiger partial charge in [0.25, 0.3) is 0 Å². The largest absolute Gasteiger partial charge is 0.472 e. The van der Waals surface area contributed by atoms with E-state index in [1.54, 1.807) is 0 Å². The van der Waals surface area contributed by atoms with Crippen molar-refractivity contribution in [3.05, 3.63) is 0 Å². The van der Waals surface area contributed by atoms with Gasteiger partial charge in [0.15, 0.2) is 12.2 Å². The summed E-state index contributed by atoms with van der Waals surface area (Å²) in [6.07, 6.45) is 50.3. The fourth-order valence-corrected chi connectivity index (χ4v) is 13.1. The normalized spacial score (nSPS) is 14.4. The van der Waals surface area contributed by atoms with Crippen molar-refractivity contribution in [3.63, 3.8) is 0 Å². The molecule has 0 aromatic carbocycles. The highest BCUT2D eigenvalue weighted by atomic mass is 31.2. The van der Waals surface area contributed by atoms with Gasteiger partial charge in [0.2, 0.25) is 0 Å². The summed E-state index contributed by atoms with van der Waals surface area (Å²) in [7, 11) is -9.91. The van der Waals surface area contributed by atoms with Gasteiger partial charge in [-0.1, -0.05) is 331 Å². The van der Waals surface area contributed by atoms with Gasteiger partial charge in [0.05, 0.1) is 26.4 Å². The summed E-state index contributed by atoms with van der Waals surface area (Å²) in [6, 6.07) is 0. The van der Waals surface area contributed by atoms with Crippen LogP contribution in [0.2, 0.25) is 0 Å². The maximum atomic E-state index is 13.1. The van der Waals surface area contributed by atoms with Gasteiger partial charge in [-0.3, -0.25) is 37.3 Å². The highest BCUT2D eigenvalue weighted by Gasteiger charge is 2.30. The van der Waals surface area contributed by atoms with Crippen molar-refractivity contribution >= 4 is 39.5 Å². The van der Waals surface area contributed by atoms with E-state index in [4.69, 9.17) is 37.0 Å². The average Bonchev–Trinajstić information content (AvgIpc) is 1.81. The summed E-state index contributed by atoms with van der Waals surface area (Å²) in [5.74, 6) is 0.882. The molecule has 0 saturated heterocycles. The minimum Gasteiger partial charge on any atom is -0.462 e. The Morgan fingerprint density at radius 1 is 0.295 bits per heavy atom. The zero-order valence-corrected chi connectivity index (χ0v) is 64.1. The van der Waals surface area contributed by atoms with Crippen LogP contribution in [-0.2, 0) is 65.4 Å². The fourth-order valence-electron chi connectivity index (χ4n) is 11.5. The lowest BCUT2D eigenvalue weighted by Crippen LogP contribution is -2.30. The molecule has 95 heavy (non-hydrogen) atoms. The predicted octanol–water partition coefficient (Wildman–Crippen LogP) is 22.0. The van der Waals surface area contributed by atoms with Crippen LogP contribution in [-0.4, -0.2) is 96.7 Å². The number of rotatable bonds is 73. The summed E-state index contributed by atoms with van der Waals surface area (Å²) in [5.41, 5.74) is 0. The molecule has 0 aromatic rings. The molecule has 0 aliphatic carbocycles. The molecule has 0 aromatic heterocycles. The smallest absolute Gasteiger partial charge is 0.462 e. The van der Waals surface area contributed by atoms with Crippen LogP contribution in [0.15, 0.2) is 0 Å². The van der Waals surface area contributed by atoms with E-state index in [1.165, 1.54) is 180 Å². The monoisotopic (exact) mass is 1400 g/mol. The maximum absolute atomic E-state index is 13.1. The first kappa shape index (κ1) is 93.1. The summed E-state index contributed by atoms with van der Waals surface area (Å²) < 4.78 is 68.4. The summed E-state index contributed by atoms with van der Waals surface area (Å²) in [5, 5.41) is 10.6. The number of aliphatic hydroxyl groups is 1. The fraction of sp³-hybridized carbons (Fsp3) is 0.947. The molecular weight excluding hydrogens is 1250 g/mol. The Labute approximate surface area is 581 Å². The van der Waals surface area contributed by atoms with Crippen LogP contribution in [0.1, 0.15) is 383 Å². The Hall–Kier alpha value is -1.94. The molecule has 0 rings (SSSR count). The van der Waals surface area contributed by atoms with Crippen LogP contribution < -0.4 is 0 Å². The lowest BCUT2D eigenvalue weighted by Gasteiger charge is -2.21. The van der Waals surface area contributed by atoms with E-state index in [0.717, 1.165) is 114 Å². The summed E-state index contributed by atoms with van der Waals surface area (Å²) in [4.78, 5) is 72.7. The Balaban J connectivity index is 5.21. The molecule has 3 unspecified atom stereocenters. The van der Waals surface area contributed by atoms with Crippen LogP contribution in [0.5, 0.6) is 0 Å². The van der Waals surface area contributed by atoms with Gasteiger partial charge in [-0.2, -0.15) is 0 Å². The average molecular weight is 1400 g/mol. The third-order valence-corrected chi connectivity index (χ3v) is 19.8. The second-order valence-corrected chi connectivity index (χ2v) is 32.0. The number of carbonyl (C=O) groups is 4. The molecule has 0 saturated carbocycles. The molecule has 0 spiro atoms. The number of hydrogen-bond acceptors (Lipinski definition) is 15. The van der Waals surface area contributed by atoms with Crippen LogP contribution in [0.4, 0.5) is 0 Å². The molecule has 19 heteroatoms. The lowest BCUT2D eigenvalue weighted by atomic mass is 10.00. The van der Waals surface area contributed by atoms with Crippen LogP contribution in [0.25, 0.3) is 0 Å². The van der Waals surface area contributed by atoms with Gasteiger partial charge in [0.1, 0.15) is 19.3 Å². The number of phosphoric ester groups is 2. The molecular formula is C76H148O17P2. The van der Waals surface area contributed by atoms with Gasteiger partial charge < -0.3 is 33.8 Å². The minimum absolute atomic E-state index is 0.101. The van der Waals surface area contributed by atoms with E-state index in [1.807, 2.05) is 0 Å². The number of phosphoric acid groups is 2. The third kappa shape index (κ3) is 69.0. The zero-order chi connectivity index (χ0) is 70.3. The van der Waals surface area contributed by atoms with Gasteiger partial charge in [-0.15, -0.1) is 0 Å². The highest BCUT2D eigenvalue weighted by molar-refractivity contribution is 7.47. The lowest BCUT2D eigenvalue weighted by molar-refractivity contribution is -0.161. The Morgan fingerprint density at radius 2 is 0.505 bits per heavy atom. The Morgan fingerprint density at radius 3 is 0.747 bits per heavy atom. The second-order valence-electron chi connectivity index (χ2n) is 29.1.